The summed E-state index contributed by atoms with van der Waals surface area (Å²) in [5.41, 5.74) is 3.51. The van der Waals surface area contributed by atoms with E-state index in [1.807, 2.05) is 38.1 Å². The van der Waals surface area contributed by atoms with Crippen molar-refractivity contribution < 1.29 is 4.79 Å². The molecular weight excluding hydrogens is 296 g/mol. The zero-order valence-electron chi connectivity index (χ0n) is 12.4. The molecule has 0 radical (unpaired) electrons. The van der Waals surface area contributed by atoms with Gasteiger partial charge in [-0.3, -0.25) is 4.79 Å². The monoisotopic (exact) mass is 310 g/mol. The molecule has 0 saturated carbocycles. The molecule has 0 heterocycles. The fraction of sp³-hybridized carbons (Fsp3) is 0.111. The van der Waals surface area contributed by atoms with Crippen LogP contribution in [-0.2, 0) is 4.79 Å². The van der Waals surface area contributed by atoms with Gasteiger partial charge in [-0.1, -0.05) is 35.9 Å². The molecule has 4 heteroatoms. The van der Waals surface area contributed by atoms with Crippen molar-refractivity contribution in [1.82, 2.24) is 0 Å². The van der Waals surface area contributed by atoms with Crippen LogP contribution in [0.2, 0.25) is 5.02 Å². The maximum Gasteiger partial charge on any atom is 0.266 e. The fourth-order valence-corrected chi connectivity index (χ4v) is 2.19. The number of aryl methyl sites for hydroxylation is 1. The quantitative estimate of drug-likeness (QED) is 0.670. The molecule has 0 aliphatic rings. The minimum atomic E-state index is -0.434. The lowest BCUT2D eigenvalue weighted by atomic mass is 10.1. The van der Waals surface area contributed by atoms with Crippen LogP contribution in [0, 0.1) is 25.2 Å². The van der Waals surface area contributed by atoms with Crippen LogP contribution in [0.3, 0.4) is 0 Å². The smallest absolute Gasteiger partial charge is 0.266 e. The lowest BCUT2D eigenvalue weighted by Gasteiger charge is -2.09. The van der Waals surface area contributed by atoms with Crippen molar-refractivity contribution in [3.8, 4) is 6.07 Å². The van der Waals surface area contributed by atoms with Crippen molar-refractivity contribution in [3.05, 3.63) is 69.8 Å². The van der Waals surface area contributed by atoms with Gasteiger partial charge in [0.2, 0.25) is 0 Å². The molecule has 0 aliphatic carbocycles. The number of benzene rings is 2. The zero-order chi connectivity index (χ0) is 16.1. The number of amides is 1. The summed E-state index contributed by atoms with van der Waals surface area (Å²) in [5.74, 6) is -0.434. The second-order valence-corrected chi connectivity index (χ2v) is 5.36. The lowest BCUT2D eigenvalue weighted by molar-refractivity contribution is -0.112. The molecule has 3 nitrogen and oxygen atoms in total. The molecule has 2 aromatic rings. The minimum Gasteiger partial charge on any atom is -0.321 e. The summed E-state index contributed by atoms with van der Waals surface area (Å²) in [5, 5.41) is 12.5. The predicted octanol–water partition coefficient (Wildman–Crippen LogP) is 4.50. The lowest BCUT2D eigenvalue weighted by Crippen LogP contribution is -2.14. The molecule has 22 heavy (non-hydrogen) atoms. The largest absolute Gasteiger partial charge is 0.321 e. The molecule has 2 rings (SSSR count). The molecule has 0 unspecified atom stereocenters. The molecule has 2 aromatic carbocycles. The molecule has 0 saturated heterocycles. The molecule has 0 fully saturated rings. The van der Waals surface area contributed by atoms with E-state index in [4.69, 9.17) is 11.6 Å². The first-order valence-corrected chi connectivity index (χ1v) is 7.14. The van der Waals surface area contributed by atoms with Crippen molar-refractivity contribution in [2.45, 2.75) is 13.8 Å². The fourth-order valence-electron chi connectivity index (χ4n) is 1.99. The zero-order valence-corrected chi connectivity index (χ0v) is 13.1. The molecule has 1 amide bonds. The number of hydrogen-bond donors (Lipinski definition) is 1. The highest BCUT2D eigenvalue weighted by Gasteiger charge is 2.11. The molecule has 110 valence electrons. The number of nitrogens with one attached hydrogen (secondary N) is 1. The highest BCUT2D eigenvalue weighted by Crippen LogP contribution is 2.19. The van der Waals surface area contributed by atoms with Gasteiger partial charge in [-0.25, -0.2) is 0 Å². The van der Waals surface area contributed by atoms with E-state index in [-0.39, 0.29) is 5.57 Å². The third-order valence-electron chi connectivity index (χ3n) is 3.38. The van der Waals surface area contributed by atoms with Gasteiger partial charge in [0, 0.05) is 10.7 Å². The standard InChI is InChI=1S/C18H15ClN2O/c1-12-5-3-8-17(13(12)2)21-18(22)15(11-20)9-14-6-4-7-16(19)10-14/h3-10H,1-2H3,(H,21,22)/b15-9+. The van der Waals surface area contributed by atoms with E-state index < -0.39 is 5.91 Å². The first kappa shape index (κ1) is 15.8. The third kappa shape index (κ3) is 3.75. The maximum atomic E-state index is 12.3. The minimum absolute atomic E-state index is 0.0307. The Hall–Kier alpha value is -2.57. The van der Waals surface area contributed by atoms with Crippen molar-refractivity contribution in [2.24, 2.45) is 0 Å². The van der Waals surface area contributed by atoms with Gasteiger partial charge in [0.1, 0.15) is 11.6 Å². The van der Waals surface area contributed by atoms with E-state index in [1.54, 1.807) is 24.3 Å². The first-order valence-electron chi connectivity index (χ1n) is 6.76. The Morgan fingerprint density at radius 1 is 1.23 bits per heavy atom. The number of nitrogens with zero attached hydrogens (tertiary/aromatic N) is 1. The third-order valence-corrected chi connectivity index (χ3v) is 3.61. The summed E-state index contributed by atoms with van der Waals surface area (Å²) in [6, 6.07) is 14.6. The second kappa shape index (κ2) is 6.93. The van der Waals surface area contributed by atoms with Crippen LogP contribution in [0.1, 0.15) is 16.7 Å². The van der Waals surface area contributed by atoms with Crippen LogP contribution in [0.4, 0.5) is 5.69 Å². The number of nitriles is 1. The van der Waals surface area contributed by atoms with E-state index >= 15 is 0 Å². The van der Waals surface area contributed by atoms with Crippen molar-refractivity contribution in [1.29, 1.82) is 5.26 Å². The van der Waals surface area contributed by atoms with Crippen LogP contribution in [0.15, 0.2) is 48.0 Å². The van der Waals surface area contributed by atoms with Gasteiger partial charge in [0.25, 0.3) is 5.91 Å². The van der Waals surface area contributed by atoms with Crippen LogP contribution in [0.5, 0.6) is 0 Å². The molecule has 1 N–H and O–H groups in total. The van der Waals surface area contributed by atoms with E-state index in [9.17, 15) is 10.1 Å². The number of rotatable bonds is 3. The van der Waals surface area contributed by atoms with E-state index in [0.717, 1.165) is 11.1 Å². The Morgan fingerprint density at radius 3 is 2.64 bits per heavy atom. The predicted molar refractivity (Wildman–Crippen MR) is 89.6 cm³/mol. The summed E-state index contributed by atoms with van der Waals surface area (Å²) in [6.07, 6.45) is 1.52. The summed E-state index contributed by atoms with van der Waals surface area (Å²) < 4.78 is 0. The van der Waals surface area contributed by atoms with Crippen LogP contribution in [-0.4, -0.2) is 5.91 Å². The van der Waals surface area contributed by atoms with E-state index in [2.05, 4.69) is 5.32 Å². The number of hydrogen-bond acceptors (Lipinski definition) is 2. The summed E-state index contributed by atoms with van der Waals surface area (Å²) >= 11 is 5.91. The summed E-state index contributed by atoms with van der Waals surface area (Å²) in [4.78, 5) is 12.3. The van der Waals surface area contributed by atoms with Crippen LogP contribution in [0.25, 0.3) is 6.08 Å². The molecular formula is C18H15ClN2O. The Morgan fingerprint density at radius 2 is 1.95 bits per heavy atom. The number of carbonyl (C=O) groups excluding carboxylic acids is 1. The van der Waals surface area contributed by atoms with Gasteiger partial charge in [0.15, 0.2) is 0 Å². The molecule has 0 aromatic heterocycles. The first-order chi connectivity index (χ1) is 10.5. The van der Waals surface area contributed by atoms with Gasteiger partial charge in [0.05, 0.1) is 0 Å². The summed E-state index contributed by atoms with van der Waals surface area (Å²) in [7, 11) is 0. The highest BCUT2D eigenvalue weighted by atomic mass is 35.5. The van der Waals surface area contributed by atoms with E-state index in [1.165, 1.54) is 6.08 Å². The molecule has 0 bridgehead atoms. The Balaban J connectivity index is 2.26. The van der Waals surface area contributed by atoms with E-state index in [0.29, 0.717) is 16.3 Å². The topological polar surface area (TPSA) is 52.9 Å². The van der Waals surface area contributed by atoms with Gasteiger partial charge in [-0.05, 0) is 54.8 Å². The molecule has 0 aliphatic heterocycles. The number of carbonyl (C=O) groups is 1. The van der Waals surface area contributed by atoms with Crippen molar-refractivity contribution in [2.75, 3.05) is 5.32 Å². The average molecular weight is 311 g/mol. The Kier molecular flexibility index (Phi) is 4.98. The number of halogens is 1. The molecule has 0 atom stereocenters. The van der Waals surface area contributed by atoms with Crippen LogP contribution >= 0.6 is 11.6 Å². The average Bonchev–Trinajstić information content (AvgIpc) is 2.49. The van der Waals surface area contributed by atoms with Gasteiger partial charge >= 0.3 is 0 Å². The van der Waals surface area contributed by atoms with Crippen molar-refractivity contribution in [3.63, 3.8) is 0 Å². The molecule has 0 spiro atoms. The Bertz CT molecular complexity index is 788. The van der Waals surface area contributed by atoms with Gasteiger partial charge in [-0.2, -0.15) is 5.26 Å². The van der Waals surface area contributed by atoms with Crippen LogP contribution < -0.4 is 5.32 Å². The van der Waals surface area contributed by atoms with Crippen molar-refractivity contribution >= 4 is 29.3 Å². The number of anilines is 1. The highest BCUT2D eigenvalue weighted by molar-refractivity contribution is 6.30. The van der Waals surface area contributed by atoms with Gasteiger partial charge in [-0.15, -0.1) is 0 Å². The maximum absolute atomic E-state index is 12.3. The van der Waals surface area contributed by atoms with Gasteiger partial charge < -0.3 is 5.32 Å². The SMILES string of the molecule is Cc1cccc(NC(=O)/C(C#N)=C/c2cccc(Cl)c2)c1C. The second-order valence-electron chi connectivity index (χ2n) is 4.93. The summed E-state index contributed by atoms with van der Waals surface area (Å²) in [6.45, 7) is 3.90. The Labute approximate surface area is 134 Å². The normalized spacial score (nSPS) is 10.9.